The third kappa shape index (κ3) is 3.14. The lowest BCUT2D eigenvalue weighted by atomic mass is 10.3. The Kier molecular flexibility index (Phi) is 4.62. The molecule has 1 aromatic carbocycles. The van der Waals surface area contributed by atoms with Crippen molar-refractivity contribution in [2.75, 3.05) is 12.4 Å². The molecule has 0 heterocycles. The molecule has 1 N–H and O–H groups in total. The van der Waals surface area contributed by atoms with Gasteiger partial charge in [-0.05, 0) is 40.8 Å². The van der Waals surface area contributed by atoms with Crippen LogP contribution in [0.25, 0.3) is 0 Å². The molecule has 0 aliphatic carbocycles. The van der Waals surface area contributed by atoms with Crippen LogP contribution in [-0.4, -0.2) is 7.11 Å². The first-order chi connectivity index (χ1) is 7.71. The zero-order valence-electron chi connectivity index (χ0n) is 8.49. The lowest BCUT2D eigenvalue weighted by Crippen LogP contribution is -1.93. The molecule has 0 unspecified atom stereocenters. The van der Waals surface area contributed by atoms with E-state index in [4.69, 9.17) is 15.3 Å². The van der Waals surface area contributed by atoms with E-state index in [1.807, 2.05) is 12.1 Å². The molecule has 0 spiro atoms. The van der Waals surface area contributed by atoms with Crippen molar-refractivity contribution in [2.45, 2.75) is 0 Å². The Morgan fingerprint density at radius 2 is 2.12 bits per heavy atom. The monoisotopic (exact) mass is 325 g/mol. The number of nitriles is 2. The van der Waals surface area contributed by atoms with Crippen LogP contribution in [0, 0.1) is 26.2 Å². The minimum atomic E-state index is 0.0339. The predicted molar refractivity (Wildman–Crippen MR) is 68.6 cm³/mol. The third-order valence-corrected chi connectivity index (χ3v) is 2.68. The summed E-state index contributed by atoms with van der Waals surface area (Å²) >= 11 is 2.14. The number of anilines is 1. The maximum atomic E-state index is 8.55. The van der Waals surface area contributed by atoms with E-state index in [1.54, 1.807) is 25.3 Å². The molecule has 0 amide bonds. The van der Waals surface area contributed by atoms with Crippen molar-refractivity contribution in [1.82, 2.24) is 0 Å². The van der Waals surface area contributed by atoms with Gasteiger partial charge in [-0.3, -0.25) is 0 Å². The van der Waals surface area contributed by atoms with Gasteiger partial charge in [0.05, 0.1) is 12.8 Å². The molecule has 4 nitrogen and oxygen atoms in total. The number of nitrogens with one attached hydrogen (secondary N) is 1. The Balaban J connectivity index is 2.88. The van der Waals surface area contributed by atoms with E-state index < -0.39 is 0 Å². The molecule has 80 valence electrons. The largest absolute Gasteiger partial charge is 0.497 e. The highest BCUT2D eigenvalue weighted by atomic mass is 127. The summed E-state index contributed by atoms with van der Waals surface area (Å²) in [5.41, 5.74) is 0.857. The first-order valence-electron chi connectivity index (χ1n) is 4.31. The van der Waals surface area contributed by atoms with Crippen LogP contribution < -0.4 is 10.1 Å². The Labute approximate surface area is 107 Å². The van der Waals surface area contributed by atoms with Crippen molar-refractivity contribution >= 4 is 28.3 Å². The van der Waals surface area contributed by atoms with Gasteiger partial charge in [-0.25, -0.2) is 0 Å². The highest BCUT2D eigenvalue weighted by molar-refractivity contribution is 14.1. The molecule has 0 radical (unpaired) electrons. The number of ether oxygens (including phenoxy) is 1. The Bertz CT molecular complexity index is 481. The highest BCUT2D eigenvalue weighted by Crippen LogP contribution is 2.23. The van der Waals surface area contributed by atoms with Gasteiger partial charge in [0.1, 0.15) is 23.5 Å². The molecule has 0 saturated carbocycles. The average Bonchev–Trinajstić information content (AvgIpc) is 2.32. The van der Waals surface area contributed by atoms with Crippen LogP contribution in [-0.2, 0) is 0 Å². The summed E-state index contributed by atoms with van der Waals surface area (Å²) < 4.78 is 6.01. The molecule has 0 aromatic heterocycles. The Hall–Kier alpha value is -1.73. The summed E-state index contributed by atoms with van der Waals surface area (Å²) in [5.74, 6) is 0.764. The van der Waals surface area contributed by atoms with E-state index in [9.17, 15) is 0 Å². The Morgan fingerprint density at radius 1 is 1.44 bits per heavy atom. The number of hydrogen-bond donors (Lipinski definition) is 1. The second kappa shape index (κ2) is 5.99. The third-order valence-electron chi connectivity index (χ3n) is 1.79. The van der Waals surface area contributed by atoms with Crippen molar-refractivity contribution in [1.29, 1.82) is 10.5 Å². The van der Waals surface area contributed by atoms with Gasteiger partial charge in [0.15, 0.2) is 0 Å². The summed E-state index contributed by atoms with van der Waals surface area (Å²) in [4.78, 5) is 0. The van der Waals surface area contributed by atoms with Crippen LogP contribution in [0.3, 0.4) is 0 Å². The summed E-state index contributed by atoms with van der Waals surface area (Å²) in [6, 6.07) is 9.03. The number of allylic oxidation sites excluding steroid dienone is 1. The lowest BCUT2D eigenvalue weighted by molar-refractivity contribution is 0.414. The number of halogens is 1. The highest BCUT2D eigenvalue weighted by Gasteiger charge is 2.00. The minimum Gasteiger partial charge on any atom is -0.497 e. The number of hydrogen-bond acceptors (Lipinski definition) is 4. The fourth-order valence-corrected chi connectivity index (χ4v) is 1.62. The number of nitrogens with zero attached hydrogens (tertiary/aromatic N) is 2. The molecular formula is C11H8IN3O. The topological polar surface area (TPSA) is 68.8 Å². The molecule has 0 atom stereocenters. The van der Waals surface area contributed by atoms with Crippen LogP contribution in [0.4, 0.5) is 5.69 Å². The number of methoxy groups -OCH3 is 1. The van der Waals surface area contributed by atoms with E-state index in [0.29, 0.717) is 0 Å². The smallest absolute Gasteiger partial charge is 0.145 e. The Morgan fingerprint density at radius 3 is 2.62 bits per heavy atom. The first-order valence-corrected chi connectivity index (χ1v) is 5.39. The fourth-order valence-electron chi connectivity index (χ4n) is 0.979. The van der Waals surface area contributed by atoms with Gasteiger partial charge < -0.3 is 10.1 Å². The van der Waals surface area contributed by atoms with Crippen molar-refractivity contribution in [2.24, 2.45) is 0 Å². The number of rotatable bonds is 3. The maximum absolute atomic E-state index is 8.55. The summed E-state index contributed by atoms with van der Waals surface area (Å²) in [5, 5.41) is 20.0. The average molecular weight is 325 g/mol. The zero-order chi connectivity index (χ0) is 12.0. The van der Waals surface area contributed by atoms with Gasteiger partial charge in [0.25, 0.3) is 0 Å². The summed E-state index contributed by atoms with van der Waals surface area (Å²) in [7, 11) is 1.60. The SMILES string of the molecule is COc1ccc(NC=C(C#N)C#N)c(I)c1. The van der Waals surface area contributed by atoms with Gasteiger partial charge in [0, 0.05) is 9.77 Å². The standard InChI is InChI=1S/C11H8IN3O/c1-16-9-2-3-11(10(12)4-9)15-7-8(5-13)6-14/h2-4,7,15H,1H3. The fraction of sp³-hybridized carbons (Fsp3) is 0.0909. The van der Waals surface area contributed by atoms with Crippen molar-refractivity contribution in [3.63, 3.8) is 0 Å². The normalized spacial score (nSPS) is 8.50. The molecule has 0 aliphatic rings. The molecule has 5 heteroatoms. The molecule has 1 rings (SSSR count). The molecule has 16 heavy (non-hydrogen) atoms. The second-order valence-corrected chi connectivity index (χ2v) is 3.93. The quantitative estimate of drug-likeness (QED) is 0.685. The lowest BCUT2D eigenvalue weighted by Gasteiger charge is -2.06. The molecule has 0 aliphatic heterocycles. The second-order valence-electron chi connectivity index (χ2n) is 2.77. The van der Waals surface area contributed by atoms with E-state index in [-0.39, 0.29) is 5.57 Å². The van der Waals surface area contributed by atoms with Crippen LogP contribution in [0.15, 0.2) is 30.0 Å². The van der Waals surface area contributed by atoms with Crippen molar-refractivity contribution in [3.8, 4) is 17.9 Å². The first kappa shape index (κ1) is 12.3. The molecule has 0 saturated heterocycles. The van der Waals surface area contributed by atoms with Crippen LogP contribution in [0.2, 0.25) is 0 Å². The molecule has 1 aromatic rings. The predicted octanol–water partition coefficient (Wildman–Crippen LogP) is 2.64. The zero-order valence-corrected chi connectivity index (χ0v) is 10.6. The van der Waals surface area contributed by atoms with Crippen molar-refractivity contribution in [3.05, 3.63) is 33.5 Å². The maximum Gasteiger partial charge on any atom is 0.145 e. The number of benzene rings is 1. The van der Waals surface area contributed by atoms with E-state index in [2.05, 4.69) is 27.9 Å². The van der Waals surface area contributed by atoms with Gasteiger partial charge >= 0.3 is 0 Å². The summed E-state index contributed by atoms with van der Waals surface area (Å²) in [6.07, 6.45) is 1.38. The van der Waals surface area contributed by atoms with E-state index in [1.165, 1.54) is 6.20 Å². The van der Waals surface area contributed by atoms with Gasteiger partial charge in [-0.2, -0.15) is 10.5 Å². The minimum absolute atomic E-state index is 0.0339. The van der Waals surface area contributed by atoms with E-state index >= 15 is 0 Å². The van der Waals surface area contributed by atoms with E-state index in [0.717, 1.165) is 15.0 Å². The summed E-state index contributed by atoms with van der Waals surface area (Å²) in [6.45, 7) is 0. The van der Waals surface area contributed by atoms with Crippen molar-refractivity contribution < 1.29 is 4.74 Å². The van der Waals surface area contributed by atoms with Crippen LogP contribution in [0.5, 0.6) is 5.75 Å². The molecule has 0 fully saturated rings. The van der Waals surface area contributed by atoms with Crippen LogP contribution in [0.1, 0.15) is 0 Å². The van der Waals surface area contributed by atoms with Gasteiger partial charge in [0.2, 0.25) is 0 Å². The molecular weight excluding hydrogens is 317 g/mol. The molecule has 0 bridgehead atoms. The van der Waals surface area contributed by atoms with Gasteiger partial charge in [-0.15, -0.1) is 0 Å². The van der Waals surface area contributed by atoms with Crippen LogP contribution >= 0.6 is 22.6 Å². The van der Waals surface area contributed by atoms with Gasteiger partial charge in [-0.1, -0.05) is 0 Å².